The second-order valence-corrected chi connectivity index (χ2v) is 6.98. The van der Waals surface area contributed by atoms with Crippen LogP contribution in [0.5, 0.6) is 5.75 Å². The predicted molar refractivity (Wildman–Crippen MR) is 106 cm³/mol. The molecule has 3 rings (SSSR count). The van der Waals surface area contributed by atoms with E-state index in [-0.39, 0.29) is 17.3 Å². The van der Waals surface area contributed by atoms with Gasteiger partial charge in [-0.05, 0) is 37.3 Å². The van der Waals surface area contributed by atoms with Gasteiger partial charge in [0.1, 0.15) is 5.75 Å². The van der Waals surface area contributed by atoms with Gasteiger partial charge in [-0.2, -0.15) is 8.78 Å². The van der Waals surface area contributed by atoms with Crippen LogP contribution in [0.1, 0.15) is 6.92 Å². The lowest BCUT2D eigenvalue weighted by molar-refractivity contribution is -0.120. The van der Waals surface area contributed by atoms with E-state index >= 15 is 0 Å². The smallest absolute Gasteiger partial charge is 0.387 e. The number of hydrogen-bond acceptors (Lipinski definition) is 4. The van der Waals surface area contributed by atoms with E-state index in [1.54, 1.807) is 25.1 Å². The minimum atomic E-state index is -2.95. The second kappa shape index (κ2) is 9.21. The van der Waals surface area contributed by atoms with E-state index < -0.39 is 12.7 Å². The summed E-state index contributed by atoms with van der Waals surface area (Å²) in [4.78, 5) is 16.9. The minimum absolute atomic E-state index is 0.0520. The van der Waals surface area contributed by atoms with Crippen LogP contribution in [0.15, 0.2) is 48.5 Å². The maximum atomic E-state index is 12.6. The van der Waals surface area contributed by atoms with Crippen LogP contribution in [0.4, 0.5) is 20.2 Å². The number of halogens is 3. The number of benzene rings is 2. The fourth-order valence-corrected chi connectivity index (χ4v) is 3.40. The van der Waals surface area contributed by atoms with E-state index in [0.29, 0.717) is 18.1 Å². The van der Waals surface area contributed by atoms with Crippen molar-refractivity contribution < 1.29 is 18.3 Å². The first-order valence-electron chi connectivity index (χ1n) is 9.03. The molecule has 0 spiro atoms. The molecule has 0 aromatic heterocycles. The molecule has 2 aromatic rings. The molecule has 150 valence electrons. The van der Waals surface area contributed by atoms with Crippen LogP contribution >= 0.6 is 11.6 Å². The van der Waals surface area contributed by atoms with Crippen molar-refractivity contribution in [2.75, 3.05) is 36.4 Å². The number of nitrogens with zero attached hydrogens (tertiary/aromatic N) is 2. The first-order chi connectivity index (χ1) is 13.4. The lowest BCUT2D eigenvalue weighted by atomic mass is 10.2. The Kier molecular flexibility index (Phi) is 6.70. The van der Waals surface area contributed by atoms with Crippen molar-refractivity contribution in [2.45, 2.75) is 19.6 Å². The van der Waals surface area contributed by atoms with Crippen molar-refractivity contribution >= 4 is 28.9 Å². The minimum Gasteiger partial charge on any atom is -0.433 e. The summed E-state index contributed by atoms with van der Waals surface area (Å²) >= 11 is 6.06. The van der Waals surface area contributed by atoms with Gasteiger partial charge in [0, 0.05) is 36.9 Å². The number of hydrogen-bond donors (Lipinski definition) is 1. The maximum Gasteiger partial charge on any atom is 0.387 e. The number of piperazine rings is 1. The number of nitrogens with one attached hydrogen (secondary N) is 1. The topological polar surface area (TPSA) is 44.8 Å². The number of alkyl halides is 2. The molecule has 0 aliphatic carbocycles. The average Bonchev–Trinajstić information content (AvgIpc) is 2.68. The Morgan fingerprint density at radius 3 is 2.50 bits per heavy atom. The monoisotopic (exact) mass is 409 g/mol. The molecular weight excluding hydrogens is 388 g/mol. The van der Waals surface area contributed by atoms with Gasteiger partial charge in [-0.3, -0.25) is 9.69 Å². The van der Waals surface area contributed by atoms with Crippen molar-refractivity contribution in [3.8, 4) is 5.75 Å². The number of carbonyl (C=O) groups excluding carboxylic acids is 1. The third-order valence-electron chi connectivity index (χ3n) is 4.78. The van der Waals surface area contributed by atoms with Crippen molar-refractivity contribution in [1.29, 1.82) is 0 Å². The molecule has 1 atom stereocenters. The Morgan fingerprint density at radius 2 is 1.82 bits per heavy atom. The number of amides is 1. The highest BCUT2D eigenvalue weighted by molar-refractivity contribution is 6.30. The molecule has 8 heteroatoms. The van der Waals surface area contributed by atoms with Gasteiger partial charge in [0.05, 0.1) is 11.7 Å². The molecule has 0 radical (unpaired) electrons. The summed E-state index contributed by atoms with van der Waals surface area (Å²) in [5, 5.41) is 3.39. The van der Waals surface area contributed by atoms with E-state index in [0.717, 1.165) is 18.8 Å². The van der Waals surface area contributed by atoms with Gasteiger partial charge < -0.3 is 15.0 Å². The van der Waals surface area contributed by atoms with E-state index in [1.165, 1.54) is 6.07 Å². The molecular formula is C20H22ClF2N3O2. The van der Waals surface area contributed by atoms with Crippen LogP contribution in [0, 0.1) is 0 Å². The Morgan fingerprint density at radius 1 is 1.11 bits per heavy atom. The largest absolute Gasteiger partial charge is 0.433 e. The lowest BCUT2D eigenvalue weighted by Crippen LogP contribution is -2.52. The third kappa shape index (κ3) is 5.11. The molecule has 1 saturated heterocycles. The van der Waals surface area contributed by atoms with Crippen LogP contribution in [-0.4, -0.2) is 49.6 Å². The van der Waals surface area contributed by atoms with E-state index in [1.807, 2.05) is 24.3 Å². The lowest BCUT2D eigenvalue weighted by Gasteiger charge is -2.38. The number of carbonyl (C=O) groups is 1. The summed E-state index contributed by atoms with van der Waals surface area (Å²) in [6.45, 7) is 1.80. The van der Waals surface area contributed by atoms with Crippen molar-refractivity contribution in [2.24, 2.45) is 0 Å². The van der Waals surface area contributed by atoms with E-state index in [2.05, 4.69) is 19.9 Å². The van der Waals surface area contributed by atoms with Gasteiger partial charge in [0.15, 0.2) is 0 Å². The van der Waals surface area contributed by atoms with Crippen molar-refractivity contribution in [1.82, 2.24) is 4.90 Å². The van der Waals surface area contributed by atoms with Gasteiger partial charge >= 0.3 is 6.61 Å². The quantitative estimate of drug-likeness (QED) is 0.780. The van der Waals surface area contributed by atoms with Crippen LogP contribution in [0.2, 0.25) is 5.02 Å². The summed E-state index contributed by atoms with van der Waals surface area (Å²) in [6, 6.07) is 13.5. The molecule has 2 aromatic carbocycles. The zero-order valence-corrected chi connectivity index (χ0v) is 16.2. The normalized spacial score (nSPS) is 16.1. The fraction of sp³-hybridized carbons (Fsp3) is 0.350. The van der Waals surface area contributed by atoms with E-state index in [4.69, 9.17) is 11.6 Å². The highest BCUT2D eigenvalue weighted by atomic mass is 35.5. The summed E-state index contributed by atoms with van der Waals surface area (Å²) < 4.78 is 29.5. The maximum absolute atomic E-state index is 12.6. The third-order valence-corrected chi connectivity index (χ3v) is 5.01. The summed E-state index contributed by atoms with van der Waals surface area (Å²) in [6.07, 6.45) is 0. The number of rotatable bonds is 6. The standard InChI is InChI=1S/C20H22ClF2N3O2/c1-14(19(27)24-17-7-2-3-8-18(17)28-20(22)23)25-9-11-26(12-10-25)16-6-4-5-15(21)13-16/h2-8,13-14,20H,9-12H2,1H3,(H,24,27)/t14-/m0/s1. The second-order valence-electron chi connectivity index (χ2n) is 6.54. The zero-order valence-electron chi connectivity index (χ0n) is 15.4. The molecule has 1 amide bonds. The number of anilines is 2. The summed E-state index contributed by atoms with van der Waals surface area (Å²) in [5.74, 6) is -0.314. The molecule has 0 saturated carbocycles. The molecule has 1 heterocycles. The molecule has 1 aliphatic rings. The molecule has 28 heavy (non-hydrogen) atoms. The highest BCUT2D eigenvalue weighted by Gasteiger charge is 2.26. The summed E-state index contributed by atoms with van der Waals surface area (Å²) in [5.41, 5.74) is 1.29. The Bertz CT molecular complexity index is 814. The number of para-hydroxylation sites is 2. The van der Waals surface area contributed by atoms with Gasteiger partial charge in [-0.1, -0.05) is 29.8 Å². The van der Waals surface area contributed by atoms with Crippen LogP contribution in [0.3, 0.4) is 0 Å². The van der Waals surface area contributed by atoms with Crippen LogP contribution in [-0.2, 0) is 4.79 Å². The first kappa shape index (κ1) is 20.4. The Balaban J connectivity index is 1.58. The first-order valence-corrected chi connectivity index (χ1v) is 9.41. The Hall–Kier alpha value is -2.38. The van der Waals surface area contributed by atoms with Gasteiger partial charge in [0.2, 0.25) is 5.91 Å². The molecule has 0 bridgehead atoms. The molecule has 1 N–H and O–H groups in total. The van der Waals surface area contributed by atoms with Gasteiger partial charge in [0.25, 0.3) is 0 Å². The van der Waals surface area contributed by atoms with Crippen LogP contribution in [0.25, 0.3) is 0 Å². The highest BCUT2D eigenvalue weighted by Crippen LogP contribution is 2.26. The van der Waals surface area contributed by atoms with Gasteiger partial charge in [-0.25, -0.2) is 0 Å². The summed E-state index contributed by atoms with van der Waals surface area (Å²) in [7, 11) is 0. The van der Waals surface area contributed by atoms with Crippen molar-refractivity contribution in [3.63, 3.8) is 0 Å². The molecule has 5 nitrogen and oxygen atoms in total. The molecule has 1 aliphatic heterocycles. The van der Waals surface area contributed by atoms with E-state index in [9.17, 15) is 13.6 Å². The fourth-order valence-electron chi connectivity index (χ4n) is 3.21. The molecule has 0 unspecified atom stereocenters. The average molecular weight is 410 g/mol. The Labute approximate surface area is 167 Å². The van der Waals surface area contributed by atoms with Crippen molar-refractivity contribution in [3.05, 3.63) is 53.6 Å². The van der Waals surface area contributed by atoms with Gasteiger partial charge in [-0.15, -0.1) is 0 Å². The zero-order chi connectivity index (χ0) is 20.1. The predicted octanol–water partition coefficient (Wildman–Crippen LogP) is 4.09. The SMILES string of the molecule is C[C@@H](C(=O)Nc1ccccc1OC(F)F)N1CCN(c2cccc(Cl)c2)CC1. The molecule has 1 fully saturated rings. The van der Waals surface area contributed by atoms with Crippen LogP contribution < -0.4 is 15.0 Å². The number of ether oxygens (including phenoxy) is 1.